The minimum absolute atomic E-state index is 0.0147. The van der Waals surface area contributed by atoms with Crippen molar-refractivity contribution in [3.05, 3.63) is 192 Å². The molecule has 10 aromatic rings. The molecule has 0 N–H and O–H groups in total. The second kappa shape index (κ2) is 11.9. The minimum Gasteiger partial charge on any atom is -0.457 e. The highest BCUT2D eigenvalue weighted by Crippen LogP contribution is 2.63. The van der Waals surface area contributed by atoms with Crippen LogP contribution in [0, 0.1) is 0 Å². The molecule has 0 bridgehead atoms. The van der Waals surface area contributed by atoms with Gasteiger partial charge in [-0.2, -0.15) is 0 Å². The Hall–Kier alpha value is -7.24. The summed E-state index contributed by atoms with van der Waals surface area (Å²) in [6, 6.07) is 58.0. The third-order valence-electron chi connectivity index (χ3n) is 12.1. The summed E-state index contributed by atoms with van der Waals surface area (Å²) >= 11 is 0. The Balaban J connectivity index is 1.10. The Morgan fingerprint density at radius 1 is 0.431 bits per heavy atom. The zero-order valence-electron chi connectivity index (χ0n) is 32.2. The van der Waals surface area contributed by atoms with Gasteiger partial charge in [-0.15, -0.1) is 0 Å². The van der Waals surface area contributed by atoms with Crippen LogP contribution in [0.3, 0.4) is 0 Å². The first-order chi connectivity index (χ1) is 28.3. The number of ether oxygens (including phenoxy) is 1. The van der Waals surface area contributed by atoms with Crippen LogP contribution in [0.15, 0.2) is 173 Å². The van der Waals surface area contributed by atoms with Crippen LogP contribution in [0.2, 0.25) is 0 Å². The van der Waals surface area contributed by atoms with Gasteiger partial charge in [-0.25, -0.2) is 9.97 Å². The number of oxazole rings is 2. The summed E-state index contributed by atoms with van der Waals surface area (Å²) in [6.45, 7) is 6.64. The van der Waals surface area contributed by atoms with Crippen LogP contribution < -0.4 is 4.74 Å². The van der Waals surface area contributed by atoms with Crippen molar-refractivity contribution in [1.82, 2.24) is 9.97 Å². The lowest BCUT2D eigenvalue weighted by Gasteiger charge is -2.39. The maximum absolute atomic E-state index is 6.62. The van der Waals surface area contributed by atoms with Crippen LogP contribution in [0.25, 0.3) is 78.1 Å². The van der Waals surface area contributed by atoms with Crippen LogP contribution in [-0.2, 0) is 10.8 Å². The molecule has 0 saturated heterocycles. The fourth-order valence-electron chi connectivity index (χ4n) is 9.32. The van der Waals surface area contributed by atoms with Crippen molar-refractivity contribution in [2.75, 3.05) is 0 Å². The molecular weight excluding hydrogens is 713 g/mol. The van der Waals surface area contributed by atoms with Gasteiger partial charge in [0.15, 0.2) is 11.2 Å². The van der Waals surface area contributed by atoms with E-state index in [9.17, 15) is 0 Å². The maximum atomic E-state index is 6.62. The first kappa shape index (κ1) is 33.0. The van der Waals surface area contributed by atoms with Gasteiger partial charge in [0.05, 0.1) is 5.41 Å². The number of aromatic nitrogens is 2. The summed E-state index contributed by atoms with van der Waals surface area (Å²) in [5.41, 5.74) is 14.7. The van der Waals surface area contributed by atoms with Crippen molar-refractivity contribution >= 4 is 33.0 Å². The summed E-state index contributed by atoms with van der Waals surface area (Å²) < 4.78 is 19.5. The van der Waals surface area contributed by atoms with Gasteiger partial charge in [0.2, 0.25) is 11.8 Å². The molecule has 8 aromatic carbocycles. The van der Waals surface area contributed by atoms with E-state index >= 15 is 0 Å². The van der Waals surface area contributed by atoms with E-state index in [1.807, 2.05) is 30.3 Å². The molecule has 2 aliphatic rings. The number of nitrogens with zero attached hydrogens (tertiary/aromatic N) is 2. The van der Waals surface area contributed by atoms with E-state index in [0.29, 0.717) is 11.8 Å². The summed E-state index contributed by atoms with van der Waals surface area (Å²) in [5, 5.41) is 2.41. The third kappa shape index (κ3) is 4.77. The summed E-state index contributed by atoms with van der Waals surface area (Å²) in [5.74, 6) is 2.84. The molecular formula is C53H36N2O3. The fourth-order valence-corrected chi connectivity index (χ4v) is 9.32. The van der Waals surface area contributed by atoms with Crippen LogP contribution in [0.4, 0.5) is 0 Å². The highest BCUT2D eigenvalue weighted by molar-refractivity contribution is 5.98. The van der Waals surface area contributed by atoms with Crippen molar-refractivity contribution < 1.29 is 13.6 Å². The molecule has 0 unspecified atom stereocenters. The lowest BCUT2D eigenvalue weighted by molar-refractivity contribution is 0.436. The normalized spacial score (nSPS) is 13.7. The SMILES string of the molecule is CC(C)(C)c1ccc2oc(-c3cc(-c4ccc5c(c4)-c4cc6ccccc6cc4C54c5ccccc5Oc5ccccc54)cc(-c4nc5ccccc5o4)c3)nc2c1. The first-order valence-corrected chi connectivity index (χ1v) is 19.8. The second-order valence-electron chi connectivity index (χ2n) is 16.6. The Bertz CT molecular complexity index is 3250. The van der Waals surface area contributed by atoms with E-state index in [-0.39, 0.29) is 5.41 Å². The molecule has 58 heavy (non-hydrogen) atoms. The van der Waals surface area contributed by atoms with E-state index in [0.717, 1.165) is 67.1 Å². The van der Waals surface area contributed by atoms with Crippen LogP contribution in [0.5, 0.6) is 11.5 Å². The van der Waals surface area contributed by atoms with Gasteiger partial charge >= 0.3 is 0 Å². The van der Waals surface area contributed by atoms with E-state index in [4.69, 9.17) is 23.5 Å². The van der Waals surface area contributed by atoms with E-state index in [1.54, 1.807) is 0 Å². The average Bonchev–Trinajstić information content (AvgIpc) is 3.96. The number of hydrogen-bond donors (Lipinski definition) is 0. The molecule has 1 aliphatic carbocycles. The molecule has 0 atom stereocenters. The third-order valence-corrected chi connectivity index (χ3v) is 12.1. The van der Waals surface area contributed by atoms with Gasteiger partial charge in [-0.05, 0) is 128 Å². The molecule has 276 valence electrons. The highest BCUT2D eigenvalue weighted by Gasteiger charge is 2.51. The fraction of sp³-hybridized carbons (Fsp3) is 0.0943. The summed E-state index contributed by atoms with van der Waals surface area (Å²) in [6.07, 6.45) is 0. The van der Waals surface area contributed by atoms with Gasteiger partial charge < -0.3 is 13.6 Å². The van der Waals surface area contributed by atoms with Gasteiger partial charge in [0, 0.05) is 22.3 Å². The van der Waals surface area contributed by atoms with E-state index < -0.39 is 5.41 Å². The molecule has 3 heterocycles. The predicted molar refractivity (Wildman–Crippen MR) is 231 cm³/mol. The molecule has 2 aromatic heterocycles. The monoisotopic (exact) mass is 748 g/mol. The van der Waals surface area contributed by atoms with Crippen molar-refractivity contribution in [2.45, 2.75) is 31.6 Å². The predicted octanol–water partition coefficient (Wildman–Crippen LogP) is 13.9. The Kier molecular flexibility index (Phi) is 6.75. The molecule has 0 saturated carbocycles. The summed E-state index contributed by atoms with van der Waals surface area (Å²) in [4.78, 5) is 9.98. The second-order valence-corrected chi connectivity index (χ2v) is 16.6. The van der Waals surface area contributed by atoms with Gasteiger partial charge in [0.25, 0.3) is 0 Å². The number of fused-ring (bicyclic) bond motifs is 12. The smallest absolute Gasteiger partial charge is 0.227 e. The summed E-state index contributed by atoms with van der Waals surface area (Å²) in [7, 11) is 0. The standard InChI is InChI=1S/C53H36N2O3/c1-52(2,3)37-21-23-49-45(30-37)55-51(58-49)36-25-34(24-35(26-36)50-54-44-16-8-11-19-48(44)57-50)33-20-22-40-38(28-33)39-27-31-12-4-5-13-32(31)29-43(39)53(40)41-14-6-9-17-46(41)56-47-18-10-7-15-42(47)53/h4-30H,1-3H3. The zero-order chi connectivity index (χ0) is 38.8. The number of hydrogen-bond acceptors (Lipinski definition) is 5. The molecule has 1 aliphatic heterocycles. The maximum Gasteiger partial charge on any atom is 0.227 e. The molecule has 5 heteroatoms. The van der Waals surface area contributed by atoms with Crippen molar-refractivity contribution in [3.8, 4) is 56.7 Å². The molecule has 5 nitrogen and oxygen atoms in total. The van der Waals surface area contributed by atoms with Crippen molar-refractivity contribution in [3.63, 3.8) is 0 Å². The quantitative estimate of drug-likeness (QED) is 0.180. The largest absolute Gasteiger partial charge is 0.457 e. The van der Waals surface area contributed by atoms with Crippen molar-refractivity contribution in [1.29, 1.82) is 0 Å². The van der Waals surface area contributed by atoms with Crippen LogP contribution >= 0.6 is 0 Å². The van der Waals surface area contributed by atoms with E-state index in [2.05, 4.69) is 154 Å². The van der Waals surface area contributed by atoms with Gasteiger partial charge in [-0.3, -0.25) is 0 Å². The molecule has 0 fully saturated rings. The van der Waals surface area contributed by atoms with Crippen molar-refractivity contribution in [2.24, 2.45) is 0 Å². The van der Waals surface area contributed by atoms with Gasteiger partial charge in [-0.1, -0.05) is 112 Å². The van der Waals surface area contributed by atoms with E-state index in [1.165, 1.54) is 38.6 Å². The number of rotatable bonds is 3. The lowest BCUT2D eigenvalue weighted by Crippen LogP contribution is -2.32. The lowest BCUT2D eigenvalue weighted by atomic mass is 9.66. The van der Waals surface area contributed by atoms with Crippen LogP contribution in [0.1, 0.15) is 48.6 Å². The topological polar surface area (TPSA) is 61.3 Å². The molecule has 12 rings (SSSR count). The van der Waals surface area contributed by atoms with Gasteiger partial charge in [0.1, 0.15) is 22.5 Å². The first-order valence-electron chi connectivity index (χ1n) is 19.8. The zero-order valence-corrected chi connectivity index (χ0v) is 32.2. The average molecular weight is 749 g/mol. The van der Waals surface area contributed by atoms with Crippen LogP contribution in [-0.4, -0.2) is 9.97 Å². The Morgan fingerprint density at radius 2 is 1.02 bits per heavy atom. The highest BCUT2D eigenvalue weighted by atomic mass is 16.5. The number of para-hydroxylation sites is 4. The molecule has 1 spiro atoms. The Morgan fingerprint density at radius 3 is 1.72 bits per heavy atom. The minimum atomic E-state index is -0.575. The number of benzene rings is 8. The Labute approximate surface area is 335 Å². The molecule has 0 radical (unpaired) electrons. The molecule has 0 amide bonds.